The molecule has 0 aliphatic carbocycles. The first kappa shape index (κ1) is 25.1. The Morgan fingerprint density at radius 3 is 2.42 bits per heavy atom. The number of anilines is 1. The summed E-state index contributed by atoms with van der Waals surface area (Å²) >= 11 is 6.00. The molecule has 0 aromatic heterocycles. The van der Waals surface area contributed by atoms with Gasteiger partial charge in [-0.2, -0.15) is 0 Å². The summed E-state index contributed by atoms with van der Waals surface area (Å²) in [5, 5.41) is 3.92. The number of carbonyl (C=O) groups is 3. The zero-order valence-electron chi connectivity index (χ0n) is 19.9. The average molecular weight is 508 g/mol. The summed E-state index contributed by atoms with van der Waals surface area (Å²) in [6.45, 7) is 2.42. The van der Waals surface area contributed by atoms with Crippen LogP contribution in [-0.4, -0.2) is 47.5 Å². The van der Waals surface area contributed by atoms with Crippen molar-refractivity contribution in [3.8, 4) is 11.5 Å². The maximum atomic E-state index is 13.1. The van der Waals surface area contributed by atoms with E-state index in [4.69, 9.17) is 21.1 Å². The van der Waals surface area contributed by atoms with Crippen LogP contribution in [0.2, 0.25) is 5.02 Å². The normalized spacial score (nSPS) is 15.6. The Bertz CT molecular complexity index is 1250. The number of hydrogen-bond donors (Lipinski definition) is 1. The highest BCUT2D eigenvalue weighted by Crippen LogP contribution is 2.27. The van der Waals surface area contributed by atoms with E-state index < -0.39 is 12.1 Å². The van der Waals surface area contributed by atoms with Gasteiger partial charge < -0.3 is 14.8 Å². The molecule has 36 heavy (non-hydrogen) atoms. The van der Waals surface area contributed by atoms with E-state index in [1.807, 2.05) is 12.1 Å². The van der Waals surface area contributed by atoms with Crippen molar-refractivity contribution in [3.05, 3.63) is 88.9 Å². The summed E-state index contributed by atoms with van der Waals surface area (Å²) in [6, 6.07) is 20.8. The predicted molar refractivity (Wildman–Crippen MR) is 136 cm³/mol. The van der Waals surface area contributed by atoms with Crippen LogP contribution in [0.3, 0.4) is 0 Å². The lowest BCUT2D eigenvalue weighted by Crippen LogP contribution is -2.58. The molecule has 1 unspecified atom stereocenters. The first-order valence-corrected chi connectivity index (χ1v) is 11.8. The molecule has 1 aliphatic rings. The molecule has 3 aromatic rings. The van der Waals surface area contributed by atoms with E-state index in [1.54, 1.807) is 72.5 Å². The van der Waals surface area contributed by atoms with E-state index in [0.717, 1.165) is 11.3 Å². The molecule has 1 aliphatic heterocycles. The van der Waals surface area contributed by atoms with Crippen molar-refractivity contribution in [2.45, 2.75) is 26.1 Å². The van der Waals surface area contributed by atoms with Gasteiger partial charge in [0.05, 0.1) is 19.1 Å². The number of ether oxygens (including phenoxy) is 2. The van der Waals surface area contributed by atoms with E-state index in [9.17, 15) is 14.4 Å². The number of nitrogens with one attached hydrogen (secondary N) is 1. The number of carbonyl (C=O) groups excluding carboxylic acids is 3. The van der Waals surface area contributed by atoms with Gasteiger partial charge in [0.2, 0.25) is 5.91 Å². The maximum Gasteiger partial charge on any atom is 0.337 e. The zero-order chi connectivity index (χ0) is 25.7. The van der Waals surface area contributed by atoms with Crippen LogP contribution in [0.5, 0.6) is 11.5 Å². The van der Waals surface area contributed by atoms with Crippen molar-refractivity contribution in [2.75, 3.05) is 19.0 Å². The SMILES string of the molecule is CCN1C(=O)CC(Nc2ccc(Oc3cccc(C(=O)OC)c3)cc2)N(Cc2ccc(Cl)cc2)C1=O. The number of benzene rings is 3. The molecule has 0 spiro atoms. The summed E-state index contributed by atoms with van der Waals surface area (Å²) in [6.07, 6.45) is -0.377. The van der Waals surface area contributed by atoms with E-state index in [1.165, 1.54) is 12.0 Å². The molecule has 186 valence electrons. The number of nitrogens with zero attached hydrogens (tertiary/aromatic N) is 2. The summed E-state index contributed by atoms with van der Waals surface area (Å²) in [7, 11) is 1.32. The summed E-state index contributed by atoms with van der Waals surface area (Å²) < 4.78 is 10.6. The molecule has 8 nitrogen and oxygen atoms in total. The summed E-state index contributed by atoms with van der Waals surface area (Å²) in [5.74, 6) is 0.392. The number of imide groups is 1. The Morgan fingerprint density at radius 1 is 1.03 bits per heavy atom. The lowest BCUT2D eigenvalue weighted by atomic mass is 10.1. The third kappa shape index (κ3) is 5.78. The number of methoxy groups -OCH3 is 1. The van der Waals surface area contributed by atoms with Gasteiger partial charge in [-0.25, -0.2) is 9.59 Å². The number of urea groups is 1. The lowest BCUT2D eigenvalue weighted by molar-refractivity contribution is -0.132. The van der Waals surface area contributed by atoms with Gasteiger partial charge in [-0.1, -0.05) is 29.8 Å². The second kappa shape index (κ2) is 11.1. The molecule has 0 saturated carbocycles. The third-order valence-electron chi connectivity index (χ3n) is 5.78. The van der Waals surface area contributed by atoms with Crippen LogP contribution in [-0.2, 0) is 16.1 Å². The van der Waals surface area contributed by atoms with Crippen molar-refractivity contribution in [2.24, 2.45) is 0 Å². The van der Waals surface area contributed by atoms with Gasteiger partial charge in [-0.15, -0.1) is 0 Å². The zero-order valence-corrected chi connectivity index (χ0v) is 20.7. The highest BCUT2D eigenvalue weighted by Gasteiger charge is 2.38. The molecule has 1 saturated heterocycles. The standard InChI is InChI=1S/C27H26ClN3O5/c1-3-30-25(32)16-24(31(27(30)34)17-18-7-9-20(28)10-8-18)29-21-11-13-22(14-12-21)36-23-6-4-5-19(15-23)26(33)35-2/h4-15,24,29H,3,16-17H2,1-2H3. The van der Waals surface area contributed by atoms with Crippen LogP contribution < -0.4 is 10.1 Å². The van der Waals surface area contributed by atoms with Crippen molar-refractivity contribution < 1.29 is 23.9 Å². The molecule has 3 amide bonds. The van der Waals surface area contributed by atoms with Crippen LogP contribution >= 0.6 is 11.6 Å². The van der Waals surface area contributed by atoms with Crippen LogP contribution in [0.1, 0.15) is 29.3 Å². The van der Waals surface area contributed by atoms with Crippen LogP contribution in [0.15, 0.2) is 72.8 Å². The Morgan fingerprint density at radius 2 is 1.75 bits per heavy atom. The lowest BCUT2D eigenvalue weighted by Gasteiger charge is -2.40. The predicted octanol–water partition coefficient (Wildman–Crippen LogP) is 5.53. The van der Waals surface area contributed by atoms with Gasteiger partial charge in [0.25, 0.3) is 0 Å². The average Bonchev–Trinajstić information content (AvgIpc) is 2.88. The minimum Gasteiger partial charge on any atom is -0.465 e. The molecular formula is C27H26ClN3O5. The summed E-state index contributed by atoms with van der Waals surface area (Å²) in [5.41, 5.74) is 2.02. The van der Waals surface area contributed by atoms with Gasteiger partial charge in [0, 0.05) is 23.8 Å². The summed E-state index contributed by atoms with van der Waals surface area (Å²) in [4.78, 5) is 40.4. The van der Waals surface area contributed by atoms with Crippen LogP contribution in [0.4, 0.5) is 10.5 Å². The second-order valence-corrected chi connectivity index (χ2v) is 8.62. The van der Waals surface area contributed by atoms with E-state index in [-0.39, 0.29) is 18.4 Å². The van der Waals surface area contributed by atoms with Gasteiger partial charge >= 0.3 is 12.0 Å². The van der Waals surface area contributed by atoms with Crippen molar-refractivity contribution in [1.29, 1.82) is 0 Å². The minimum atomic E-state index is -0.521. The molecule has 1 atom stereocenters. The number of halogens is 1. The minimum absolute atomic E-state index is 0.145. The molecule has 3 aromatic carbocycles. The fourth-order valence-corrected chi connectivity index (χ4v) is 4.06. The monoisotopic (exact) mass is 507 g/mol. The molecule has 1 N–H and O–H groups in total. The molecule has 1 heterocycles. The fourth-order valence-electron chi connectivity index (χ4n) is 3.94. The van der Waals surface area contributed by atoms with Gasteiger partial charge in [0.15, 0.2) is 0 Å². The molecule has 0 radical (unpaired) electrons. The van der Waals surface area contributed by atoms with Crippen molar-refractivity contribution >= 4 is 35.2 Å². The highest BCUT2D eigenvalue weighted by atomic mass is 35.5. The second-order valence-electron chi connectivity index (χ2n) is 8.19. The molecule has 9 heteroatoms. The van der Waals surface area contributed by atoms with E-state index in [2.05, 4.69) is 5.32 Å². The van der Waals surface area contributed by atoms with E-state index in [0.29, 0.717) is 35.2 Å². The number of hydrogen-bond acceptors (Lipinski definition) is 6. The van der Waals surface area contributed by atoms with Gasteiger partial charge in [-0.3, -0.25) is 14.6 Å². The first-order valence-electron chi connectivity index (χ1n) is 11.5. The largest absolute Gasteiger partial charge is 0.465 e. The Kier molecular flexibility index (Phi) is 7.75. The Labute approximate surface area is 214 Å². The molecule has 0 bridgehead atoms. The molecule has 4 rings (SSSR count). The topological polar surface area (TPSA) is 88.2 Å². The van der Waals surface area contributed by atoms with Gasteiger partial charge in [-0.05, 0) is 67.1 Å². The Balaban J connectivity index is 1.48. The van der Waals surface area contributed by atoms with Crippen LogP contribution in [0, 0.1) is 0 Å². The van der Waals surface area contributed by atoms with Gasteiger partial charge in [0.1, 0.15) is 17.7 Å². The van der Waals surface area contributed by atoms with Crippen molar-refractivity contribution in [1.82, 2.24) is 9.80 Å². The van der Waals surface area contributed by atoms with Crippen LogP contribution in [0.25, 0.3) is 0 Å². The van der Waals surface area contributed by atoms with Crippen molar-refractivity contribution in [3.63, 3.8) is 0 Å². The Hall–Kier alpha value is -4.04. The third-order valence-corrected chi connectivity index (χ3v) is 6.03. The first-order chi connectivity index (χ1) is 17.4. The fraction of sp³-hybridized carbons (Fsp3) is 0.222. The molecule has 1 fully saturated rings. The smallest absolute Gasteiger partial charge is 0.337 e. The quantitative estimate of drug-likeness (QED) is 0.403. The highest BCUT2D eigenvalue weighted by molar-refractivity contribution is 6.30. The number of esters is 1. The maximum absolute atomic E-state index is 13.1. The number of rotatable bonds is 8. The van der Waals surface area contributed by atoms with E-state index >= 15 is 0 Å². The number of amides is 3. The molecular weight excluding hydrogens is 482 g/mol.